The van der Waals surface area contributed by atoms with Crippen molar-refractivity contribution in [2.24, 2.45) is 0 Å². The lowest BCUT2D eigenvalue weighted by Crippen LogP contribution is -2.40. The normalized spacial score (nSPS) is 19.2. The molecule has 0 bridgehead atoms. The summed E-state index contributed by atoms with van der Waals surface area (Å²) < 4.78 is 37.8. The van der Waals surface area contributed by atoms with Crippen molar-refractivity contribution < 1.29 is 31.9 Å². The van der Waals surface area contributed by atoms with Gasteiger partial charge in [-0.3, -0.25) is 23.8 Å². The summed E-state index contributed by atoms with van der Waals surface area (Å²) in [5.74, 6) is -0.830. The van der Waals surface area contributed by atoms with E-state index >= 15 is 0 Å². The first kappa shape index (κ1) is 37.6. The SMILES string of the molecule is CCCC(N1/C(=C/C=C/C=C/C2=[N+](CCCCC(=O)NCCN3C(=O)C=CC3=O)c3ccccc3C2(C)C)C(C)(C)c2ccccc21)S(=O)(=O)O. The highest BCUT2D eigenvalue weighted by molar-refractivity contribution is 7.86. The second-order valence-corrected chi connectivity index (χ2v) is 15.8. The molecular weight excluding hydrogens is 665 g/mol. The summed E-state index contributed by atoms with van der Waals surface area (Å²) in [6, 6.07) is 16.1. The lowest BCUT2D eigenvalue weighted by atomic mass is 9.81. The van der Waals surface area contributed by atoms with Crippen LogP contribution in [0.3, 0.4) is 0 Å². The minimum atomic E-state index is -4.36. The molecule has 3 amide bonds. The minimum absolute atomic E-state index is 0.114. The fourth-order valence-corrected chi connectivity index (χ4v) is 8.41. The van der Waals surface area contributed by atoms with Gasteiger partial charge in [-0.25, -0.2) is 0 Å². The Labute approximate surface area is 301 Å². The second-order valence-electron chi connectivity index (χ2n) is 14.2. The van der Waals surface area contributed by atoms with Gasteiger partial charge in [-0.05, 0) is 44.4 Å². The van der Waals surface area contributed by atoms with Crippen LogP contribution in [-0.4, -0.2) is 70.9 Å². The Morgan fingerprint density at radius 1 is 0.922 bits per heavy atom. The van der Waals surface area contributed by atoms with Crippen LogP contribution >= 0.6 is 0 Å². The van der Waals surface area contributed by atoms with E-state index in [1.165, 1.54) is 17.7 Å². The minimum Gasteiger partial charge on any atom is -0.354 e. The molecule has 0 aromatic heterocycles. The number of anilines is 1. The summed E-state index contributed by atoms with van der Waals surface area (Å²) in [7, 11) is -4.36. The third-order valence-electron chi connectivity index (χ3n) is 10.0. The first-order valence-corrected chi connectivity index (χ1v) is 19.1. The van der Waals surface area contributed by atoms with Crippen LogP contribution in [0.1, 0.15) is 77.8 Å². The van der Waals surface area contributed by atoms with E-state index in [1.54, 1.807) is 4.90 Å². The molecule has 3 heterocycles. The Morgan fingerprint density at radius 3 is 2.27 bits per heavy atom. The predicted molar refractivity (Wildman–Crippen MR) is 201 cm³/mol. The van der Waals surface area contributed by atoms with E-state index < -0.39 is 20.9 Å². The quantitative estimate of drug-likeness (QED) is 0.0753. The molecule has 2 aromatic carbocycles. The molecule has 0 spiro atoms. The number of hydrogen-bond acceptors (Lipinski definition) is 6. The van der Waals surface area contributed by atoms with Crippen LogP contribution in [0.15, 0.2) is 96.8 Å². The third-order valence-corrected chi connectivity index (χ3v) is 11.2. The number of rotatable bonds is 15. The van der Waals surface area contributed by atoms with Gasteiger partial charge >= 0.3 is 0 Å². The van der Waals surface area contributed by atoms with Gasteiger partial charge in [-0.2, -0.15) is 13.0 Å². The van der Waals surface area contributed by atoms with Gasteiger partial charge in [0.05, 0.1) is 5.41 Å². The number of amides is 3. The van der Waals surface area contributed by atoms with E-state index in [2.05, 4.69) is 55.8 Å². The van der Waals surface area contributed by atoms with Gasteiger partial charge in [0.1, 0.15) is 6.54 Å². The summed E-state index contributed by atoms with van der Waals surface area (Å²) in [5, 5.41) is 1.72. The molecule has 2 aromatic rings. The topological polar surface area (TPSA) is 127 Å². The van der Waals surface area contributed by atoms with E-state index in [9.17, 15) is 27.4 Å². The zero-order valence-corrected chi connectivity index (χ0v) is 30.9. The summed E-state index contributed by atoms with van der Waals surface area (Å²) in [6.45, 7) is 11.6. The molecule has 0 aliphatic carbocycles. The number of benzene rings is 2. The molecule has 0 fully saturated rings. The molecule has 1 atom stereocenters. The van der Waals surface area contributed by atoms with Crippen LogP contribution in [0, 0.1) is 0 Å². The summed E-state index contributed by atoms with van der Waals surface area (Å²) >= 11 is 0. The lowest BCUT2D eigenvalue weighted by molar-refractivity contribution is -0.438. The number of nitrogens with one attached hydrogen (secondary N) is 1. The van der Waals surface area contributed by atoms with Crippen LogP contribution in [0.2, 0.25) is 0 Å². The van der Waals surface area contributed by atoms with E-state index in [1.807, 2.05) is 67.6 Å². The van der Waals surface area contributed by atoms with Gasteiger partial charge in [-0.15, -0.1) is 0 Å². The van der Waals surface area contributed by atoms with Crippen molar-refractivity contribution >= 4 is 44.9 Å². The molecule has 0 saturated heterocycles. The summed E-state index contributed by atoms with van der Waals surface area (Å²) in [5.41, 5.74) is 5.34. The second kappa shape index (κ2) is 15.3. The number of carbonyl (C=O) groups is 3. The molecule has 1 unspecified atom stereocenters. The average molecular weight is 714 g/mol. The maximum Gasteiger partial charge on any atom is 0.286 e. The first-order chi connectivity index (χ1) is 24.2. The smallest absolute Gasteiger partial charge is 0.286 e. The van der Waals surface area contributed by atoms with E-state index in [4.69, 9.17) is 0 Å². The van der Waals surface area contributed by atoms with Gasteiger partial charge in [0.2, 0.25) is 11.6 Å². The molecule has 11 heteroatoms. The van der Waals surface area contributed by atoms with Gasteiger partial charge in [0, 0.05) is 72.6 Å². The largest absolute Gasteiger partial charge is 0.354 e. The Hall–Kier alpha value is -4.61. The maximum absolute atomic E-state index is 12.6. The highest BCUT2D eigenvalue weighted by Gasteiger charge is 2.46. The standard InChI is InChI=1S/C40H48N4O6S/c1-6-16-38(51(48,49)50)44-32-20-13-11-18-30(32)40(4,5)34(44)22-9-7-8-21-33-39(2,3)29-17-10-12-19-31(29)42(33)27-15-14-23-35(45)41-26-28-43-36(46)24-25-37(43)47/h7-13,17-22,24-25,38H,6,14-16,23,26-28H2,1-5H3,(H-,41,45,48,49,50)/p+1. The van der Waals surface area contributed by atoms with Crippen LogP contribution in [0.25, 0.3) is 0 Å². The van der Waals surface area contributed by atoms with Crippen molar-refractivity contribution in [3.8, 4) is 0 Å². The Morgan fingerprint density at radius 2 is 1.59 bits per heavy atom. The van der Waals surface area contributed by atoms with E-state index in [0.717, 1.165) is 46.2 Å². The summed E-state index contributed by atoms with van der Waals surface area (Å²) in [6.07, 6.45) is 15.1. The molecule has 5 rings (SSSR count). The van der Waals surface area contributed by atoms with Crippen molar-refractivity contribution in [1.82, 2.24) is 10.2 Å². The zero-order valence-electron chi connectivity index (χ0n) is 30.1. The molecule has 51 heavy (non-hydrogen) atoms. The van der Waals surface area contributed by atoms with Crippen molar-refractivity contribution in [1.29, 1.82) is 0 Å². The van der Waals surface area contributed by atoms with Gasteiger partial charge in [-0.1, -0.05) is 81.8 Å². The number of nitrogens with zero attached hydrogens (tertiary/aromatic N) is 3. The Kier molecular flexibility index (Phi) is 11.3. The number of fused-ring (bicyclic) bond motifs is 2. The molecule has 0 radical (unpaired) electrons. The monoisotopic (exact) mass is 713 g/mol. The number of allylic oxidation sites excluding steroid dienone is 6. The van der Waals surface area contributed by atoms with E-state index in [0.29, 0.717) is 25.7 Å². The Bertz CT molecular complexity index is 1940. The number of carbonyl (C=O) groups excluding carboxylic acids is 3. The maximum atomic E-state index is 12.6. The zero-order chi connectivity index (χ0) is 37.0. The molecule has 0 saturated carbocycles. The van der Waals surface area contributed by atoms with Crippen molar-refractivity contribution in [2.75, 3.05) is 24.5 Å². The number of para-hydroxylation sites is 2. The lowest BCUT2D eigenvalue weighted by Gasteiger charge is -2.32. The van der Waals surface area contributed by atoms with Crippen molar-refractivity contribution in [3.05, 3.63) is 108 Å². The first-order valence-electron chi connectivity index (χ1n) is 17.6. The third kappa shape index (κ3) is 7.84. The Balaban J connectivity index is 1.30. The van der Waals surface area contributed by atoms with Gasteiger partial charge < -0.3 is 10.2 Å². The van der Waals surface area contributed by atoms with Crippen molar-refractivity contribution in [2.45, 2.75) is 82.9 Å². The predicted octanol–water partition coefficient (Wildman–Crippen LogP) is 6.08. The number of imide groups is 1. The molecule has 3 aliphatic heterocycles. The molecule has 3 aliphatic rings. The van der Waals surface area contributed by atoms with Gasteiger partial charge in [0.15, 0.2) is 11.1 Å². The highest BCUT2D eigenvalue weighted by atomic mass is 32.2. The van der Waals surface area contributed by atoms with E-state index in [-0.39, 0.29) is 36.2 Å². The number of hydrogen-bond donors (Lipinski definition) is 2. The number of unbranched alkanes of at least 4 members (excludes halogenated alkanes) is 1. The van der Waals surface area contributed by atoms with Gasteiger partial charge in [0.25, 0.3) is 21.9 Å². The fraction of sp³-hybridized carbons (Fsp3) is 0.400. The molecule has 2 N–H and O–H groups in total. The molecule has 270 valence electrons. The molecule has 10 nitrogen and oxygen atoms in total. The van der Waals surface area contributed by atoms with Crippen molar-refractivity contribution in [3.63, 3.8) is 0 Å². The average Bonchev–Trinajstić information content (AvgIpc) is 3.60. The van der Waals surface area contributed by atoms with Crippen LogP contribution < -0.4 is 10.2 Å². The fourth-order valence-electron chi connectivity index (χ4n) is 7.38. The van der Waals surface area contributed by atoms with Crippen LogP contribution in [0.4, 0.5) is 11.4 Å². The summed E-state index contributed by atoms with van der Waals surface area (Å²) in [4.78, 5) is 38.8. The molecular formula is C40H49N4O6S+. The van der Waals surface area contributed by atoms with Crippen LogP contribution in [-0.2, 0) is 35.3 Å². The van der Waals surface area contributed by atoms with Crippen LogP contribution in [0.5, 0.6) is 0 Å². The highest BCUT2D eigenvalue weighted by Crippen LogP contribution is 2.49.